The summed E-state index contributed by atoms with van der Waals surface area (Å²) in [5.74, 6) is 0.122. The van der Waals surface area contributed by atoms with Crippen molar-refractivity contribution in [2.24, 2.45) is 11.7 Å². The largest absolute Gasteiger partial charge is 0.379 e. The second kappa shape index (κ2) is 6.05. The Morgan fingerprint density at radius 1 is 1.53 bits per heavy atom. The van der Waals surface area contributed by atoms with E-state index in [9.17, 15) is 4.79 Å². The van der Waals surface area contributed by atoms with E-state index in [4.69, 9.17) is 10.5 Å². The minimum atomic E-state index is -0.419. The maximum absolute atomic E-state index is 11.7. The van der Waals surface area contributed by atoms with Crippen LogP contribution in [0.1, 0.15) is 20.3 Å². The van der Waals surface area contributed by atoms with E-state index >= 15 is 0 Å². The van der Waals surface area contributed by atoms with E-state index in [1.54, 1.807) is 0 Å². The highest BCUT2D eigenvalue weighted by molar-refractivity contribution is 5.81. The number of carbonyl (C=O) groups is 1. The minimum absolute atomic E-state index is 0.0914. The average Bonchev–Trinajstić information content (AvgIpc) is 2.28. The van der Waals surface area contributed by atoms with Crippen LogP contribution < -0.4 is 11.2 Å². The molecule has 5 heteroatoms. The van der Waals surface area contributed by atoms with Gasteiger partial charge in [0.05, 0.1) is 19.3 Å². The predicted octanol–water partition coefficient (Wildman–Crippen LogP) is -0.277. The SMILES string of the molecule is CC[C@H](C)[C@H](N)C(=O)NN1CCOCC1. The van der Waals surface area contributed by atoms with Crippen molar-refractivity contribution in [2.75, 3.05) is 26.3 Å². The van der Waals surface area contributed by atoms with Gasteiger partial charge in [-0.1, -0.05) is 20.3 Å². The van der Waals surface area contributed by atoms with Gasteiger partial charge in [-0.2, -0.15) is 0 Å². The van der Waals surface area contributed by atoms with Crippen molar-refractivity contribution >= 4 is 5.91 Å². The molecule has 0 unspecified atom stereocenters. The van der Waals surface area contributed by atoms with Crippen molar-refractivity contribution in [3.63, 3.8) is 0 Å². The molecule has 0 saturated carbocycles. The molecular weight excluding hydrogens is 194 g/mol. The molecule has 88 valence electrons. The van der Waals surface area contributed by atoms with Crippen LogP contribution in [-0.4, -0.2) is 43.3 Å². The first-order chi connectivity index (χ1) is 7.15. The highest BCUT2D eigenvalue weighted by atomic mass is 16.5. The summed E-state index contributed by atoms with van der Waals surface area (Å²) in [6, 6.07) is -0.419. The lowest BCUT2D eigenvalue weighted by atomic mass is 10.00. The fourth-order valence-electron chi connectivity index (χ4n) is 1.42. The Morgan fingerprint density at radius 3 is 2.67 bits per heavy atom. The lowest BCUT2D eigenvalue weighted by molar-refractivity contribution is -0.130. The molecule has 3 N–H and O–H groups in total. The van der Waals surface area contributed by atoms with Crippen molar-refractivity contribution < 1.29 is 9.53 Å². The van der Waals surface area contributed by atoms with Crippen LogP contribution in [0.3, 0.4) is 0 Å². The molecule has 1 saturated heterocycles. The summed E-state index contributed by atoms with van der Waals surface area (Å²) in [5.41, 5.74) is 8.64. The van der Waals surface area contributed by atoms with Crippen molar-refractivity contribution in [3.8, 4) is 0 Å². The van der Waals surface area contributed by atoms with Crippen LogP contribution in [0, 0.1) is 5.92 Å². The standard InChI is InChI=1S/C10H21N3O2/c1-3-8(2)9(11)10(14)12-13-4-6-15-7-5-13/h8-9H,3-7,11H2,1-2H3,(H,12,14)/t8-,9-/m0/s1. The Hall–Kier alpha value is -0.650. The Labute approximate surface area is 90.9 Å². The zero-order valence-corrected chi connectivity index (χ0v) is 9.53. The third-order valence-corrected chi connectivity index (χ3v) is 2.84. The van der Waals surface area contributed by atoms with Crippen LogP contribution in [0.4, 0.5) is 0 Å². The van der Waals surface area contributed by atoms with E-state index in [1.165, 1.54) is 0 Å². The highest BCUT2D eigenvalue weighted by Gasteiger charge is 2.21. The van der Waals surface area contributed by atoms with Crippen LogP contribution in [0.15, 0.2) is 0 Å². The van der Waals surface area contributed by atoms with Crippen LogP contribution in [-0.2, 0) is 9.53 Å². The van der Waals surface area contributed by atoms with Gasteiger partial charge in [0.15, 0.2) is 0 Å². The number of rotatable bonds is 4. The first kappa shape index (κ1) is 12.4. The van der Waals surface area contributed by atoms with E-state index in [0.717, 1.165) is 19.5 Å². The van der Waals surface area contributed by atoms with Gasteiger partial charge in [0, 0.05) is 13.1 Å². The van der Waals surface area contributed by atoms with Gasteiger partial charge >= 0.3 is 0 Å². The molecule has 0 bridgehead atoms. The number of carbonyl (C=O) groups excluding carboxylic acids is 1. The van der Waals surface area contributed by atoms with Crippen LogP contribution in [0.25, 0.3) is 0 Å². The second-order valence-corrected chi connectivity index (χ2v) is 3.99. The smallest absolute Gasteiger partial charge is 0.251 e. The van der Waals surface area contributed by atoms with Gasteiger partial charge in [-0.25, -0.2) is 5.01 Å². The number of hydrogen-bond acceptors (Lipinski definition) is 4. The van der Waals surface area contributed by atoms with Crippen molar-refractivity contribution in [1.29, 1.82) is 0 Å². The van der Waals surface area contributed by atoms with Gasteiger partial charge in [-0.15, -0.1) is 0 Å². The van der Waals surface area contributed by atoms with Crippen molar-refractivity contribution in [1.82, 2.24) is 10.4 Å². The summed E-state index contributed by atoms with van der Waals surface area (Å²) in [4.78, 5) is 11.7. The molecular formula is C10H21N3O2. The van der Waals surface area contributed by atoms with Gasteiger partial charge in [0.25, 0.3) is 5.91 Å². The Bertz CT molecular complexity index is 205. The van der Waals surface area contributed by atoms with Gasteiger partial charge in [0.1, 0.15) is 0 Å². The molecule has 2 atom stereocenters. The normalized spacial score (nSPS) is 22.1. The molecule has 5 nitrogen and oxygen atoms in total. The van der Waals surface area contributed by atoms with Gasteiger partial charge in [0.2, 0.25) is 0 Å². The predicted molar refractivity (Wildman–Crippen MR) is 58.0 cm³/mol. The lowest BCUT2D eigenvalue weighted by Crippen LogP contribution is -2.54. The molecule has 1 rings (SSSR count). The first-order valence-corrected chi connectivity index (χ1v) is 5.54. The maximum Gasteiger partial charge on any atom is 0.251 e. The fraction of sp³-hybridized carbons (Fsp3) is 0.900. The number of nitrogens with one attached hydrogen (secondary N) is 1. The third kappa shape index (κ3) is 3.77. The molecule has 1 amide bonds. The summed E-state index contributed by atoms with van der Waals surface area (Å²) in [6.45, 7) is 6.83. The quantitative estimate of drug-likeness (QED) is 0.677. The molecule has 1 fully saturated rings. The number of morpholine rings is 1. The molecule has 0 aliphatic carbocycles. The Kier molecular flexibility index (Phi) is 5.01. The average molecular weight is 215 g/mol. The number of hydrazine groups is 1. The maximum atomic E-state index is 11.7. The van der Waals surface area contributed by atoms with E-state index in [0.29, 0.717) is 13.2 Å². The minimum Gasteiger partial charge on any atom is -0.379 e. The summed E-state index contributed by atoms with van der Waals surface area (Å²) in [7, 11) is 0. The van der Waals surface area contributed by atoms with E-state index in [2.05, 4.69) is 5.43 Å². The number of ether oxygens (including phenoxy) is 1. The molecule has 0 aromatic carbocycles. The number of nitrogens with two attached hydrogens (primary N) is 1. The van der Waals surface area contributed by atoms with E-state index in [-0.39, 0.29) is 11.8 Å². The molecule has 1 heterocycles. The summed E-state index contributed by atoms with van der Waals surface area (Å²) < 4.78 is 5.19. The zero-order chi connectivity index (χ0) is 11.3. The van der Waals surface area contributed by atoms with Crippen LogP contribution in [0.5, 0.6) is 0 Å². The third-order valence-electron chi connectivity index (χ3n) is 2.84. The molecule has 1 aliphatic rings. The second-order valence-electron chi connectivity index (χ2n) is 3.99. The Morgan fingerprint density at radius 2 is 2.13 bits per heavy atom. The first-order valence-electron chi connectivity index (χ1n) is 5.54. The highest BCUT2D eigenvalue weighted by Crippen LogP contribution is 2.05. The molecule has 0 spiro atoms. The summed E-state index contributed by atoms with van der Waals surface area (Å²) in [5, 5.41) is 1.87. The summed E-state index contributed by atoms with van der Waals surface area (Å²) >= 11 is 0. The molecule has 0 radical (unpaired) electrons. The molecule has 1 aliphatic heterocycles. The zero-order valence-electron chi connectivity index (χ0n) is 9.53. The number of amides is 1. The monoisotopic (exact) mass is 215 g/mol. The van der Waals surface area contributed by atoms with Crippen LogP contribution >= 0.6 is 0 Å². The van der Waals surface area contributed by atoms with Crippen molar-refractivity contribution in [2.45, 2.75) is 26.3 Å². The molecule has 0 aromatic heterocycles. The summed E-state index contributed by atoms with van der Waals surface area (Å²) in [6.07, 6.45) is 0.914. The van der Waals surface area contributed by atoms with Gasteiger partial charge < -0.3 is 10.5 Å². The van der Waals surface area contributed by atoms with E-state index in [1.807, 2.05) is 18.9 Å². The molecule has 15 heavy (non-hydrogen) atoms. The molecule has 0 aromatic rings. The lowest BCUT2D eigenvalue weighted by Gasteiger charge is -2.29. The number of nitrogens with zero attached hydrogens (tertiary/aromatic N) is 1. The fourth-order valence-corrected chi connectivity index (χ4v) is 1.42. The van der Waals surface area contributed by atoms with Gasteiger partial charge in [-0.3, -0.25) is 10.2 Å². The van der Waals surface area contributed by atoms with Crippen LogP contribution in [0.2, 0.25) is 0 Å². The van der Waals surface area contributed by atoms with E-state index < -0.39 is 6.04 Å². The van der Waals surface area contributed by atoms with Gasteiger partial charge in [-0.05, 0) is 5.92 Å². The van der Waals surface area contributed by atoms with Crippen molar-refractivity contribution in [3.05, 3.63) is 0 Å². The number of hydrogen-bond donors (Lipinski definition) is 2. The Balaban J connectivity index is 2.33. The topological polar surface area (TPSA) is 67.6 Å².